The highest BCUT2D eigenvalue weighted by Gasteiger charge is 2.14. The van der Waals surface area contributed by atoms with Crippen molar-refractivity contribution in [3.05, 3.63) is 33.7 Å². The molecular weight excluding hydrogens is 258 g/mol. The lowest BCUT2D eigenvalue weighted by Gasteiger charge is -2.26. The highest BCUT2D eigenvalue weighted by molar-refractivity contribution is 7.99. The number of thioether (sulfide) groups is 1. The number of hydrogen-bond donors (Lipinski definition) is 2. The Hall–Kier alpha value is -0.780. The van der Waals surface area contributed by atoms with Crippen LogP contribution in [0.5, 0.6) is 0 Å². The molecular formula is C14H23N3OS. The van der Waals surface area contributed by atoms with E-state index in [2.05, 4.69) is 16.0 Å². The molecule has 1 saturated heterocycles. The summed E-state index contributed by atoms with van der Waals surface area (Å²) < 4.78 is 0. The summed E-state index contributed by atoms with van der Waals surface area (Å²) in [5.74, 6) is 2.40. The summed E-state index contributed by atoms with van der Waals surface area (Å²) in [4.78, 5) is 17.2. The van der Waals surface area contributed by atoms with Crippen molar-refractivity contribution in [1.29, 1.82) is 0 Å². The van der Waals surface area contributed by atoms with E-state index in [-0.39, 0.29) is 5.56 Å². The zero-order valence-electron chi connectivity index (χ0n) is 11.4. The molecule has 0 saturated carbocycles. The van der Waals surface area contributed by atoms with Gasteiger partial charge >= 0.3 is 0 Å². The second-order valence-electron chi connectivity index (χ2n) is 4.94. The molecule has 0 unspecified atom stereocenters. The molecule has 0 amide bonds. The maximum absolute atomic E-state index is 12.0. The Morgan fingerprint density at radius 1 is 1.32 bits per heavy atom. The summed E-state index contributed by atoms with van der Waals surface area (Å²) in [6.07, 6.45) is 4.58. The van der Waals surface area contributed by atoms with Crippen LogP contribution >= 0.6 is 11.8 Å². The fourth-order valence-corrected chi connectivity index (χ4v) is 3.40. The third-order valence-corrected chi connectivity index (χ3v) is 4.48. The van der Waals surface area contributed by atoms with Crippen LogP contribution in [-0.4, -0.2) is 41.0 Å². The topological polar surface area (TPSA) is 62.1 Å². The minimum Gasteiger partial charge on any atom is -0.330 e. The molecule has 1 aliphatic heterocycles. The Balaban J connectivity index is 2.05. The van der Waals surface area contributed by atoms with Gasteiger partial charge in [0.25, 0.3) is 5.56 Å². The van der Waals surface area contributed by atoms with E-state index < -0.39 is 0 Å². The van der Waals surface area contributed by atoms with Gasteiger partial charge in [-0.05, 0) is 37.4 Å². The zero-order valence-corrected chi connectivity index (χ0v) is 12.2. The molecule has 5 heteroatoms. The van der Waals surface area contributed by atoms with Gasteiger partial charge in [0.1, 0.15) is 0 Å². The molecule has 1 aromatic rings. The summed E-state index contributed by atoms with van der Waals surface area (Å²) in [7, 11) is 0. The molecule has 0 spiro atoms. The van der Waals surface area contributed by atoms with Crippen LogP contribution in [0.1, 0.15) is 24.0 Å². The number of nitrogens with two attached hydrogens (primary N) is 1. The number of nitrogens with zero attached hydrogens (tertiary/aromatic N) is 1. The zero-order chi connectivity index (χ0) is 13.5. The van der Waals surface area contributed by atoms with Crippen LogP contribution in [-0.2, 0) is 13.0 Å². The van der Waals surface area contributed by atoms with Crippen LogP contribution in [0.15, 0.2) is 17.1 Å². The van der Waals surface area contributed by atoms with Gasteiger partial charge in [0.05, 0.1) is 0 Å². The second-order valence-corrected chi connectivity index (χ2v) is 6.17. The van der Waals surface area contributed by atoms with E-state index >= 15 is 0 Å². The number of hydrogen-bond acceptors (Lipinski definition) is 4. The third kappa shape index (κ3) is 4.37. The standard InChI is InChI=1S/C14H23N3OS/c15-5-2-1-3-13-12(4-6-16-14(13)18)11-17-7-9-19-10-8-17/h4,6H,1-3,5,7-11,15H2,(H,16,18). The smallest absolute Gasteiger partial charge is 0.251 e. The molecule has 1 fully saturated rings. The normalized spacial score (nSPS) is 16.7. The molecule has 0 atom stereocenters. The van der Waals surface area contributed by atoms with Gasteiger partial charge in [-0.3, -0.25) is 9.69 Å². The number of H-pyrrole nitrogens is 1. The van der Waals surface area contributed by atoms with Crippen LogP contribution in [0.2, 0.25) is 0 Å². The first-order valence-electron chi connectivity index (χ1n) is 7.01. The summed E-state index contributed by atoms with van der Waals surface area (Å²) in [5.41, 5.74) is 7.73. The van der Waals surface area contributed by atoms with Crippen LogP contribution < -0.4 is 11.3 Å². The maximum Gasteiger partial charge on any atom is 0.251 e. The van der Waals surface area contributed by atoms with E-state index in [1.54, 1.807) is 6.20 Å². The fourth-order valence-electron chi connectivity index (χ4n) is 2.42. The Kier molecular flexibility index (Phi) is 5.94. The third-order valence-electron chi connectivity index (χ3n) is 3.54. The molecule has 19 heavy (non-hydrogen) atoms. The number of nitrogens with one attached hydrogen (secondary N) is 1. The average Bonchev–Trinajstić information content (AvgIpc) is 2.43. The molecule has 0 aliphatic carbocycles. The minimum absolute atomic E-state index is 0.0703. The van der Waals surface area contributed by atoms with Gasteiger partial charge in [0, 0.05) is 42.9 Å². The summed E-state index contributed by atoms with van der Waals surface area (Å²) >= 11 is 2.01. The number of aromatic nitrogens is 1. The molecule has 3 N–H and O–H groups in total. The summed E-state index contributed by atoms with van der Waals surface area (Å²) in [5, 5.41) is 0. The molecule has 1 aromatic heterocycles. The van der Waals surface area contributed by atoms with Gasteiger partial charge in [0.2, 0.25) is 0 Å². The highest BCUT2D eigenvalue weighted by Crippen LogP contribution is 2.15. The van der Waals surface area contributed by atoms with Gasteiger partial charge in [-0.25, -0.2) is 0 Å². The van der Waals surface area contributed by atoms with Gasteiger partial charge in [-0.2, -0.15) is 11.8 Å². The fraction of sp³-hybridized carbons (Fsp3) is 0.643. The maximum atomic E-state index is 12.0. The second kappa shape index (κ2) is 7.72. The SMILES string of the molecule is NCCCCc1c(CN2CCSCC2)cc[nH]c1=O. The molecule has 4 nitrogen and oxygen atoms in total. The van der Waals surface area contributed by atoms with E-state index in [0.29, 0.717) is 6.54 Å². The Labute approximate surface area is 118 Å². The monoisotopic (exact) mass is 281 g/mol. The number of pyridine rings is 1. The highest BCUT2D eigenvalue weighted by atomic mass is 32.2. The van der Waals surface area contributed by atoms with E-state index in [4.69, 9.17) is 5.73 Å². The Morgan fingerprint density at radius 3 is 2.84 bits per heavy atom. The molecule has 2 heterocycles. The van der Waals surface area contributed by atoms with Gasteiger partial charge in [-0.1, -0.05) is 0 Å². The number of aromatic amines is 1. The number of unbranched alkanes of at least 4 members (excludes halogenated alkanes) is 1. The lowest BCUT2D eigenvalue weighted by Crippen LogP contribution is -2.33. The van der Waals surface area contributed by atoms with E-state index in [1.807, 2.05) is 11.8 Å². The average molecular weight is 281 g/mol. The largest absolute Gasteiger partial charge is 0.330 e. The predicted molar refractivity (Wildman–Crippen MR) is 81.7 cm³/mol. The van der Waals surface area contributed by atoms with Crippen molar-refractivity contribution in [2.45, 2.75) is 25.8 Å². The van der Waals surface area contributed by atoms with Crippen molar-refractivity contribution in [3.63, 3.8) is 0 Å². The molecule has 0 radical (unpaired) electrons. The first-order valence-corrected chi connectivity index (χ1v) is 8.16. The van der Waals surface area contributed by atoms with Crippen molar-refractivity contribution in [2.24, 2.45) is 5.73 Å². The Morgan fingerprint density at radius 2 is 2.11 bits per heavy atom. The van der Waals surface area contributed by atoms with Crippen molar-refractivity contribution >= 4 is 11.8 Å². The first kappa shape index (κ1) is 14.6. The van der Waals surface area contributed by atoms with E-state index in [1.165, 1.54) is 17.1 Å². The molecule has 0 bridgehead atoms. The van der Waals surface area contributed by atoms with E-state index in [9.17, 15) is 4.79 Å². The molecule has 2 rings (SSSR count). The van der Waals surface area contributed by atoms with Crippen molar-refractivity contribution in [3.8, 4) is 0 Å². The van der Waals surface area contributed by atoms with Crippen molar-refractivity contribution in [1.82, 2.24) is 9.88 Å². The van der Waals surface area contributed by atoms with Gasteiger partial charge < -0.3 is 10.7 Å². The van der Waals surface area contributed by atoms with E-state index in [0.717, 1.165) is 44.5 Å². The quantitative estimate of drug-likeness (QED) is 0.769. The number of rotatable bonds is 6. The molecule has 0 aromatic carbocycles. The Bertz CT molecular complexity index is 441. The predicted octanol–water partition coefficient (Wildman–Crippen LogP) is 1.21. The summed E-state index contributed by atoms with van der Waals surface area (Å²) in [6, 6.07) is 2.06. The van der Waals surface area contributed by atoms with Crippen molar-refractivity contribution < 1.29 is 0 Å². The van der Waals surface area contributed by atoms with Crippen LogP contribution in [0, 0.1) is 0 Å². The summed E-state index contributed by atoms with van der Waals surface area (Å²) in [6.45, 7) is 3.85. The van der Waals surface area contributed by atoms with Gasteiger partial charge in [0.15, 0.2) is 0 Å². The minimum atomic E-state index is 0.0703. The van der Waals surface area contributed by atoms with Gasteiger partial charge in [-0.15, -0.1) is 0 Å². The van der Waals surface area contributed by atoms with Crippen LogP contribution in [0.25, 0.3) is 0 Å². The van der Waals surface area contributed by atoms with Crippen LogP contribution in [0.4, 0.5) is 0 Å². The van der Waals surface area contributed by atoms with Crippen LogP contribution in [0.3, 0.4) is 0 Å². The first-order chi connectivity index (χ1) is 9.31. The molecule has 1 aliphatic rings. The van der Waals surface area contributed by atoms with Crippen molar-refractivity contribution in [2.75, 3.05) is 31.1 Å². The lowest BCUT2D eigenvalue weighted by atomic mass is 10.0. The molecule has 106 valence electrons. The lowest BCUT2D eigenvalue weighted by molar-refractivity contribution is 0.293.